The molecule has 1 aliphatic rings. The van der Waals surface area contributed by atoms with Gasteiger partial charge in [-0.2, -0.15) is 0 Å². The standard InChI is InChI=1S/C25H32N2O5/c1-18(25(29)26-20-8-4-5-9-20)27(16-19-7-6-10-23(15-19)31-3)24(28)17-32-22-13-11-21(30-2)12-14-22/h6-7,10-15,18,20H,4-5,8-9,16-17H2,1-3H3,(H,26,29)/t18-/m0/s1. The second-order valence-corrected chi connectivity index (χ2v) is 8.00. The molecule has 0 spiro atoms. The summed E-state index contributed by atoms with van der Waals surface area (Å²) in [4.78, 5) is 27.6. The summed E-state index contributed by atoms with van der Waals surface area (Å²) in [5, 5.41) is 3.10. The maximum atomic E-state index is 13.1. The second-order valence-electron chi connectivity index (χ2n) is 8.00. The molecular weight excluding hydrogens is 408 g/mol. The summed E-state index contributed by atoms with van der Waals surface area (Å²) in [5.74, 6) is 1.56. The highest BCUT2D eigenvalue weighted by atomic mass is 16.5. The van der Waals surface area contributed by atoms with Crippen LogP contribution in [-0.4, -0.2) is 49.6 Å². The normalized spacial score (nSPS) is 14.5. The summed E-state index contributed by atoms with van der Waals surface area (Å²) in [7, 11) is 3.19. The zero-order valence-electron chi connectivity index (χ0n) is 19.0. The average Bonchev–Trinajstić information content (AvgIpc) is 3.34. The van der Waals surface area contributed by atoms with Gasteiger partial charge in [0, 0.05) is 12.6 Å². The maximum absolute atomic E-state index is 13.1. The number of nitrogens with one attached hydrogen (secondary N) is 1. The molecule has 1 atom stereocenters. The van der Waals surface area contributed by atoms with Gasteiger partial charge in [0.15, 0.2) is 6.61 Å². The van der Waals surface area contributed by atoms with Crippen LogP contribution in [0.15, 0.2) is 48.5 Å². The Morgan fingerprint density at radius 1 is 1.00 bits per heavy atom. The third-order valence-electron chi connectivity index (χ3n) is 5.78. The minimum Gasteiger partial charge on any atom is -0.497 e. The first-order valence-corrected chi connectivity index (χ1v) is 11.0. The summed E-state index contributed by atoms with van der Waals surface area (Å²) in [6.45, 7) is 1.87. The fraction of sp³-hybridized carbons (Fsp3) is 0.440. The van der Waals surface area contributed by atoms with Crippen LogP contribution in [0.1, 0.15) is 38.2 Å². The van der Waals surface area contributed by atoms with Crippen LogP contribution in [0.2, 0.25) is 0 Å². The van der Waals surface area contributed by atoms with Gasteiger partial charge in [-0.3, -0.25) is 9.59 Å². The number of methoxy groups -OCH3 is 2. The van der Waals surface area contributed by atoms with E-state index in [4.69, 9.17) is 14.2 Å². The summed E-state index contributed by atoms with van der Waals surface area (Å²) >= 11 is 0. The number of benzene rings is 2. The molecule has 2 aromatic carbocycles. The predicted molar refractivity (Wildman–Crippen MR) is 122 cm³/mol. The molecule has 2 amide bonds. The highest BCUT2D eigenvalue weighted by Crippen LogP contribution is 2.20. The molecule has 0 heterocycles. The van der Waals surface area contributed by atoms with Crippen LogP contribution in [0.3, 0.4) is 0 Å². The van der Waals surface area contributed by atoms with Gasteiger partial charge in [-0.05, 0) is 61.7 Å². The van der Waals surface area contributed by atoms with Gasteiger partial charge >= 0.3 is 0 Å². The molecule has 7 nitrogen and oxygen atoms in total. The lowest BCUT2D eigenvalue weighted by Crippen LogP contribution is -2.50. The van der Waals surface area contributed by atoms with Gasteiger partial charge in [0.05, 0.1) is 14.2 Å². The van der Waals surface area contributed by atoms with E-state index in [2.05, 4.69) is 5.32 Å². The minimum absolute atomic E-state index is 0.141. The van der Waals surface area contributed by atoms with Crippen LogP contribution in [-0.2, 0) is 16.1 Å². The summed E-state index contributed by atoms with van der Waals surface area (Å²) in [6.07, 6.45) is 4.23. The van der Waals surface area contributed by atoms with Crippen molar-refractivity contribution in [3.05, 3.63) is 54.1 Å². The van der Waals surface area contributed by atoms with Crippen molar-refractivity contribution in [1.82, 2.24) is 10.2 Å². The van der Waals surface area contributed by atoms with Crippen molar-refractivity contribution >= 4 is 11.8 Å². The number of hydrogen-bond acceptors (Lipinski definition) is 5. The topological polar surface area (TPSA) is 77.1 Å². The van der Waals surface area contributed by atoms with Gasteiger partial charge in [-0.15, -0.1) is 0 Å². The molecular formula is C25H32N2O5. The molecule has 3 rings (SSSR count). The first kappa shape index (κ1) is 23.4. The van der Waals surface area contributed by atoms with Crippen molar-refractivity contribution in [3.8, 4) is 17.2 Å². The molecule has 0 aromatic heterocycles. The van der Waals surface area contributed by atoms with Crippen LogP contribution < -0.4 is 19.5 Å². The largest absolute Gasteiger partial charge is 0.497 e. The van der Waals surface area contributed by atoms with Crippen LogP contribution in [0.5, 0.6) is 17.2 Å². The Bertz CT molecular complexity index is 893. The Balaban J connectivity index is 1.71. The van der Waals surface area contributed by atoms with Gasteiger partial charge in [0.2, 0.25) is 5.91 Å². The number of hydrogen-bond donors (Lipinski definition) is 1. The van der Waals surface area contributed by atoms with E-state index in [1.807, 2.05) is 24.3 Å². The lowest BCUT2D eigenvalue weighted by atomic mass is 10.1. The van der Waals surface area contributed by atoms with Crippen molar-refractivity contribution < 1.29 is 23.8 Å². The Labute approximate surface area is 189 Å². The molecule has 0 radical (unpaired) electrons. The molecule has 1 saturated carbocycles. The molecule has 172 valence electrons. The van der Waals surface area contributed by atoms with Crippen molar-refractivity contribution in [2.75, 3.05) is 20.8 Å². The zero-order valence-corrected chi connectivity index (χ0v) is 19.0. The minimum atomic E-state index is -0.631. The molecule has 1 N–H and O–H groups in total. The van der Waals surface area contributed by atoms with Crippen molar-refractivity contribution in [1.29, 1.82) is 0 Å². The molecule has 1 aliphatic carbocycles. The Morgan fingerprint density at radius 2 is 1.66 bits per heavy atom. The molecule has 2 aromatic rings. The maximum Gasteiger partial charge on any atom is 0.261 e. The Hall–Kier alpha value is -3.22. The monoisotopic (exact) mass is 440 g/mol. The smallest absolute Gasteiger partial charge is 0.261 e. The average molecular weight is 441 g/mol. The van der Waals surface area contributed by atoms with Crippen LogP contribution in [0, 0.1) is 0 Å². The molecule has 0 aliphatic heterocycles. The number of amides is 2. The summed E-state index contributed by atoms with van der Waals surface area (Å²) in [6, 6.07) is 14.1. The number of carbonyl (C=O) groups excluding carboxylic acids is 2. The van der Waals surface area contributed by atoms with Gasteiger partial charge in [-0.25, -0.2) is 0 Å². The number of ether oxygens (including phenoxy) is 3. The first-order valence-electron chi connectivity index (χ1n) is 11.0. The highest BCUT2D eigenvalue weighted by Gasteiger charge is 2.28. The SMILES string of the molecule is COc1ccc(OCC(=O)N(Cc2cccc(OC)c2)[C@@H](C)C(=O)NC2CCCC2)cc1. The molecule has 7 heteroatoms. The van der Waals surface area contributed by atoms with E-state index < -0.39 is 6.04 Å². The summed E-state index contributed by atoms with van der Waals surface area (Å²) in [5.41, 5.74) is 0.877. The van der Waals surface area contributed by atoms with E-state index in [0.717, 1.165) is 31.2 Å². The fourth-order valence-corrected chi connectivity index (χ4v) is 3.84. The number of nitrogens with zero attached hydrogens (tertiary/aromatic N) is 1. The highest BCUT2D eigenvalue weighted by molar-refractivity contribution is 5.88. The third-order valence-corrected chi connectivity index (χ3v) is 5.78. The van der Waals surface area contributed by atoms with Crippen LogP contribution in [0.4, 0.5) is 0 Å². The van der Waals surface area contributed by atoms with Crippen molar-refractivity contribution in [2.45, 2.75) is 51.2 Å². The first-order chi connectivity index (χ1) is 15.5. The molecule has 0 saturated heterocycles. The number of rotatable bonds is 10. The van der Waals surface area contributed by atoms with Crippen molar-refractivity contribution in [2.24, 2.45) is 0 Å². The van der Waals surface area contributed by atoms with E-state index in [9.17, 15) is 9.59 Å². The van der Waals surface area contributed by atoms with Crippen LogP contribution >= 0.6 is 0 Å². The molecule has 1 fully saturated rings. The number of carbonyl (C=O) groups is 2. The summed E-state index contributed by atoms with van der Waals surface area (Å²) < 4.78 is 16.1. The second kappa shape index (κ2) is 11.4. The lowest BCUT2D eigenvalue weighted by molar-refractivity contribution is -0.142. The van der Waals surface area contributed by atoms with E-state index >= 15 is 0 Å². The molecule has 0 bridgehead atoms. The predicted octanol–water partition coefficient (Wildman–Crippen LogP) is 3.56. The third kappa shape index (κ3) is 6.39. The van der Waals surface area contributed by atoms with Gasteiger partial charge in [0.1, 0.15) is 23.3 Å². The van der Waals surface area contributed by atoms with Gasteiger partial charge < -0.3 is 24.4 Å². The Kier molecular flexibility index (Phi) is 8.36. The van der Waals surface area contributed by atoms with E-state index in [0.29, 0.717) is 17.2 Å². The van der Waals surface area contributed by atoms with Gasteiger partial charge in [-0.1, -0.05) is 25.0 Å². The van der Waals surface area contributed by atoms with Gasteiger partial charge in [0.25, 0.3) is 5.91 Å². The lowest BCUT2D eigenvalue weighted by Gasteiger charge is -2.29. The quantitative estimate of drug-likeness (QED) is 0.611. The molecule has 32 heavy (non-hydrogen) atoms. The Morgan fingerprint density at radius 3 is 2.31 bits per heavy atom. The van der Waals surface area contributed by atoms with E-state index in [1.54, 1.807) is 50.3 Å². The van der Waals surface area contributed by atoms with E-state index in [-0.39, 0.29) is 31.0 Å². The fourth-order valence-electron chi connectivity index (χ4n) is 3.84. The van der Waals surface area contributed by atoms with E-state index in [1.165, 1.54) is 0 Å². The van der Waals surface area contributed by atoms with Crippen LogP contribution in [0.25, 0.3) is 0 Å². The zero-order chi connectivity index (χ0) is 22.9. The molecule has 0 unspecified atom stereocenters. The van der Waals surface area contributed by atoms with Crippen molar-refractivity contribution in [3.63, 3.8) is 0 Å².